The molecule has 0 saturated heterocycles. The fourth-order valence-electron chi connectivity index (χ4n) is 3.17. The van der Waals surface area contributed by atoms with Crippen LogP contribution < -0.4 is 10.1 Å². The van der Waals surface area contributed by atoms with Gasteiger partial charge in [0.05, 0.1) is 22.9 Å². The Labute approximate surface area is 167 Å². The standard InChI is InChI=1S/C20H18FN3O4S/c1-13-4-2-3-5-18(13)28-10-19(25)22-20-16-11-29(26,27)12-17(16)23-24(20)15-8-6-14(21)7-9-15/h2-9H,10-12H2,1H3,(H,22,25). The predicted molar refractivity (Wildman–Crippen MR) is 105 cm³/mol. The van der Waals surface area contributed by atoms with Gasteiger partial charge in [0.15, 0.2) is 16.4 Å². The van der Waals surface area contributed by atoms with Crippen molar-refractivity contribution >= 4 is 21.6 Å². The summed E-state index contributed by atoms with van der Waals surface area (Å²) in [5.74, 6) is -0.429. The van der Waals surface area contributed by atoms with E-state index in [0.29, 0.717) is 22.7 Å². The number of fused-ring (bicyclic) bond motifs is 1. The molecule has 0 spiro atoms. The molecule has 1 aliphatic heterocycles. The van der Waals surface area contributed by atoms with Gasteiger partial charge in [-0.05, 0) is 42.8 Å². The lowest BCUT2D eigenvalue weighted by Gasteiger charge is -2.12. The summed E-state index contributed by atoms with van der Waals surface area (Å²) in [6, 6.07) is 12.9. The fraction of sp³-hybridized carbons (Fsp3) is 0.200. The first-order valence-electron chi connectivity index (χ1n) is 8.88. The van der Waals surface area contributed by atoms with Crippen molar-refractivity contribution in [2.75, 3.05) is 11.9 Å². The minimum Gasteiger partial charge on any atom is -0.483 e. The van der Waals surface area contributed by atoms with Crippen LogP contribution in [0.15, 0.2) is 48.5 Å². The highest BCUT2D eigenvalue weighted by atomic mass is 32.2. The van der Waals surface area contributed by atoms with Gasteiger partial charge < -0.3 is 10.1 Å². The smallest absolute Gasteiger partial charge is 0.263 e. The zero-order valence-corrected chi connectivity index (χ0v) is 16.4. The fourth-order valence-corrected chi connectivity index (χ4v) is 4.66. The Morgan fingerprint density at radius 2 is 1.90 bits per heavy atom. The minimum absolute atomic E-state index is 0.195. The van der Waals surface area contributed by atoms with Crippen LogP contribution in [0.4, 0.5) is 10.2 Å². The van der Waals surface area contributed by atoms with Gasteiger partial charge in [-0.25, -0.2) is 17.5 Å². The summed E-state index contributed by atoms with van der Waals surface area (Å²) in [5, 5.41) is 7.04. The van der Waals surface area contributed by atoms with Crippen molar-refractivity contribution in [2.45, 2.75) is 18.4 Å². The number of aromatic nitrogens is 2. The SMILES string of the molecule is Cc1ccccc1OCC(=O)Nc1c2c(nn1-c1ccc(F)cc1)CS(=O)(=O)C2. The number of ether oxygens (including phenoxy) is 1. The van der Waals surface area contributed by atoms with E-state index >= 15 is 0 Å². The first-order chi connectivity index (χ1) is 13.8. The molecule has 1 aliphatic rings. The molecule has 0 aliphatic carbocycles. The van der Waals surface area contributed by atoms with E-state index in [9.17, 15) is 17.6 Å². The Bertz CT molecular complexity index is 1190. The van der Waals surface area contributed by atoms with Crippen molar-refractivity contribution in [1.82, 2.24) is 9.78 Å². The maximum atomic E-state index is 13.3. The van der Waals surface area contributed by atoms with Gasteiger partial charge in [0.1, 0.15) is 17.4 Å². The molecule has 3 aromatic rings. The molecule has 1 N–H and O–H groups in total. The van der Waals surface area contributed by atoms with Crippen LogP contribution in [-0.2, 0) is 26.1 Å². The van der Waals surface area contributed by atoms with Crippen molar-refractivity contribution in [2.24, 2.45) is 0 Å². The number of halogens is 1. The average molecular weight is 415 g/mol. The third kappa shape index (κ3) is 4.00. The van der Waals surface area contributed by atoms with Crippen molar-refractivity contribution in [3.63, 3.8) is 0 Å². The van der Waals surface area contributed by atoms with Crippen LogP contribution in [0.25, 0.3) is 5.69 Å². The molecule has 1 aromatic heterocycles. The molecule has 0 fully saturated rings. The van der Waals surface area contributed by atoms with Crippen molar-refractivity contribution in [1.29, 1.82) is 0 Å². The number of anilines is 1. The first-order valence-corrected chi connectivity index (χ1v) is 10.7. The number of amides is 1. The number of carbonyl (C=O) groups is 1. The molecule has 0 radical (unpaired) electrons. The maximum Gasteiger partial charge on any atom is 0.263 e. The zero-order chi connectivity index (χ0) is 20.6. The van der Waals surface area contributed by atoms with Crippen LogP contribution in [0.5, 0.6) is 5.75 Å². The van der Waals surface area contributed by atoms with Gasteiger partial charge in [0, 0.05) is 5.56 Å². The maximum absolute atomic E-state index is 13.3. The minimum atomic E-state index is -3.31. The van der Waals surface area contributed by atoms with E-state index in [-0.39, 0.29) is 23.9 Å². The second kappa shape index (κ2) is 7.32. The molecule has 0 saturated carbocycles. The second-order valence-corrected chi connectivity index (χ2v) is 8.86. The molecule has 4 rings (SSSR count). The Kier molecular flexibility index (Phi) is 4.83. The number of rotatable bonds is 5. The molecule has 2 aromatic carbocycles. The molecule has 0 bridgehead atoms. The van der Waals surface area contributed by atoms with Gasteiger partial charge in [-0.15, -0.1) is 0 Å². The number of hydrogen-bond acceptors (Lipinski definition) is 5. The second-order valence-electron chi connectivity index (χ2n) is 6.80. The first kappa shape index (κ1) is 19.1. The summed E-state index contributed by atoms with van der Waals surface area (Å²) in [5.41, 5.74) is 2.22. The lowest BCUT2D eigenvalue weighted by molar-refractivity contribution is -0.118. The summed E-state index contributed by atoms with van der Waals surface area (Å²) in [4.78, 5) is 12.5. The predicted octanol–water partition coefficient (Wildman–Crippen LogP) is 2.77. The monoisotopic (exact) mass is 415 g/mol. The molecule has 2 heterocycles. The van der Waals surface area contributed by atoms with E-state index in [1.54, 1.807) is 6.07 Å². The van der Waals surface area contributed by atoms with Crippen LogP contribution in [0.3, 0.4) is 0 Å². The van der Waals surface area contributed by atoms with Crippen LogP contribution in [-0.4, -0.2) is 30.7 Å². The van der Waals surface area contributed by atoms with Gasteiger partial charge in [-0.3, -0.25) is 4.79 Å². The summed E-state index contributed by atoms with van der Waals surface area (Å²) in [7, 11) is -3.31. The third-order valence-corrected chi connectivity index (χ3v) is 6.01. The molecule has 1 amide bonds. The van der Waals surface area contributed by atoms with Crippen LogP contribution >= 0.6 is 0 Å². The Morgan fingerprint density at radius 1 is 1.17 bits per heavy atom. The quantitative estimate of drug-likeness (QED) is 0.692. The van der Waals surface area contributed by atoms with E-state index < -0.39 is 21.6 Å². The highest BCUT2D eigenvalue weighted by molar-refractivity contribution is 7.90. The third-order valence-electron chi connectivity index (χ3n) is 4.57. The van der Waals surface area contributed by atoms with Gasteiger partial charge in [-0.2, -0.15) is 5.10 Å². The summed E-state index contributed by atoms with van der Waals surface area (Å²) in [6.07, 6.45) is 0. The Hall–Kier alpha value is -3.20. The normalized spacial score (nSPS) is 14.4. The van der Waals surface area contributed by atoms with Gasteiger partial charge >= 0.3 is 0 Å². The molecule has 150 valence electrons. The van der Waals surface area contributed by atoms with Crippen molar-refractivity contribution in [3.8, 4) is 11.4 Å². The lowest BCUT2D eigenvalue weighted by atomic mass is 10.2. The Morgan fingerprint density at radius 3 is 2.62 bits per heavy atom. The molecule has 9 heteroatoms. The molecule has 29 heavy (non-hydrogen) atoms. The van der Waals surface area contributed by atoms with E-state index in [1.807, 2.05) is 25.1 Å². The number of nitrogens with one attached hydrogen (secondary N) is 1. The molecule has 0 unspecified atom stereocenters. The number of benzene rings is 2. The highest BCUT2D eigenvalue weighted by Crippen LogP contribution is 2.33. The number of para-hydroxylation sites is 1. The van der Waals surface area contributed by atoms with E-state index in [0.717, 1.165) is 5.56 Å². The summed E-state index contributed by atoms with van der Waals surface area (Å²) in [6.45, 7) is 1.62. The van der Waals surface area contributed by atoms with E-state index in [1.165, 1.54) is 28.9 Å². The summed E-state index contributed by atoms with van der Waals surface area (Å²) < 4.78 is 44.2. The van der Waals surface area contributed by atoms with Crippen LogP contribution in [0, 0.1) is 12.7 Å². The van der Waals surface area contributed by atoms with Crippen LogP contribution in [0.2, 0.25) is 0 Å². The van der Waals surface area contributed by atoms with Gasteiger partial charge in [0.2, 0.25) is 0 Å². The molecule has 7 nitrogen and oxygen atoms in total. The zero-order valence-electron chi connectivity index (χ0n) is 15.6. The molecular formula is C20H18FN3O4S. The largest absolute Gasteiger partial charge is 0.483 e. The topological polar surface area (TPSA) is 90.3 Å². The van der Waals surface area contributed by atoms with Gasteiger partial charge in [-0.1, -0.05) is 18.2 Å². The van der Waals surface area contributed by atoms with Crippen LogP contribution in [0.1, 0.15) is 16.8 Å². The van der Waals surface area contributed by atoms with Crippen molar-refractivity contribution < 1.29 is 22.3 Å². The highest BCUT2D eigenvalue weighted by Gasteiger charge is 2.33. The number of sulfone groups is 1. The van der Waals surface area contributed by atoms with E-state index in [4.69, 9.17) is 4.74 Å². The lowest BCUT2D eigenvalue weighted by Crippen LogP contribution is -2.23. The summed E-state index contributed by atoms with van der Waals surface area (Å²) >= 11 is 0. The average Bonchev–Trinajstić information content (AvgIpc) is 3.14. The molecular weight excluding hydrogens is 397 g/mol. The van der Waals surface area contributed by atoms with Gasteiger partial charge in [0.25, 0.3) is 5.91 Å². The Balaban J connectivity index is 1.61. The number of nitrogens with zero attached hydrogens (tertiary/aromatic N) is 2. The molecule has 0 atom stereocenters. The van der Waals surface area contributed by atoms with Crippen molar-refractivity contribution in [3.05, 3.63) is 71.2 Å². The number of hydrogen-bond donors (Lipinski definition) is 1. The number of carbonyl (C=O) groups excluding carboxylic acids is 1. The van der Waals surface area contributed by atoms with E-state index in [2.05, 4.69) is 10.4 Å². The number of aryl methyl sites for hydroxylation is 1.